The Morgan fingerprint density at radius 3 is 3.00 bits per heavy atom. The van der Waals surface area contributed by atoms with Gasteiger partial charge in [0.1, 0.15) is 5.01 Å². The molecule has 0 aromatic carbocycles. The molecule has 1 aliphatic carbocycles. The van der Waals surface area contributed by atoms with Gasteiger partial charge in [-0.3, -0.25) is 4.79 Å². The third kappa shape index (κ3) is 2.82. The number of rotatable bonds is 6. The van der Waals surface area contributed by atoms with E-state index in [1.807, 2.05) is 0 Å². The molecule has 1 N–H and O–H groups in total. The van der Waals surface area contributed by atoms with Gasteiger partial charge in [-0.15, -0.1) is 11.3 Å². The van der Waals surface area contributed by atoms with Crippen molar-refractivity contribution in [3.8, 4) is 0 Å². The van der Waals surface area contributed by atoms with Gasteiger partial charge in [0.2, 0.25) is 6.41 Å². The summed E-state index contributed by atoms with van der Waals surface area (Å²) >= 11 is 1.49. The van der Waals surface area contributed by atoms with Crippen LogP contribution in [0.5, 0.6) is 0 Å². The van der Waals surface area contributed by atoms with Crippen LogP contribution in [0.15, 0.2) is 0 Å². The molecule has 1 aliphatic rings. The Balaban J connectivity index is 2.18. The van der Waals surface area contributed by atoms with Crippen LogP contribution in [0.3, 0.4) is 0 Å². The first-order valence-corrected chi connectivity index (χ1v) is 6.41. The number of thiazole rings is 1. The molecule has 0 spiro atoms. The van der Waals surface area contributed by atoms with E-state index in [0.717, 1.165) is 22.7 Å². The smallest absolute Gasteiger partial charge is 0.358 e. The molecule has 6 heteroatoms. The van der Waals surface area contributed by atoms with Gasteiger partial charge in [-0.05, 0) is 25.7 Å². The molecule has 92 valence electrons. The minimum absolute atomic E-state index is 0.350. The molecule has 0 radical (unpaired) electrons. The number of carbonyl (C=O) groups excluding carboxylic acids is 2. The highest BCUT2D eigenvalue weighted by Gasteiger charge is 2.32. The van der Waals surface area contributed by atoms with Crippen molar-refractivity contribution in [1.29, 1.82) is 0 Å². The van der Waals surface area contributed by atoms with E-state index in [0.29, 0.717) is 31.2 Å². The van der Waals surface area contributed by atoms with E-state index in [-0.39, 0.29) is 5.97 Å². The topological polar surface area (TPSA) is 68.3 Å². The van der Waals surface area contributed by atoms with Crippen molar-refractivity contribution in [3.05, 3.63) is 15.6 Å². The van der Waals surface area contributed by atoms with Crippen molar-refractivity contribution in [2.45, 2.75) is 32.2 Å². The maximum Gasteiger partial charge on any atom is 0.358 e. The molecule has 1 amide bonds. The first kappa shape index (κ1) is 12.0. The second-order valence-corrected chi connectivity index (χ2v) is 4.93. The fraction of sp³-hybridized carbons (Fsp3) is 0.545. The molecular weight excluding hydrogens is 240 g/mol. The van der Waals surface area contributed by atoms with Crippen molar-refractivity contribution >= 4 is 23.7 Å². The lowest BCUT2D eigenvalue weighted by Gasteiger charge is -1.99. The fourth-order valence-electron chi connectivity index (χ4n) is 1.55. The van der Waals surface area contributed by atoms with Gasteiger partial charge in [0.25, 0.3) is 0 Å². The zero-order valence-electron chi connectivity index (χ0n) is 9.56. The van der Waals surface area contributed by atoms with Crippen LogP contribution in [0.25, 0.3) is 0 Å². The van der Waals surface area contributed by atoms with E-state index in [1.165, 1.54) is 11.3 Å². The molecule has 2 rings (SSSR count). The van der Waals surface area contributed by atoms with Crippen LogP contribution < -0.4 is 5.32 Å². The molecule has 1 saturated carbocycles. The molecule has 0 unspecified atom stereocenters. The molecule has 0 aliphatic heterocycles. The number of hydrogen-bond acceptors (Lipinski definition) is 5. The molecule has 0 atom stereocenters. The lowest BCUT2D eigenvalue weighted by molar-refractivity contribution is -0.109. The Morgan fingerprint density at radius 1 is 1.65 bits per heavy atom. The third-order valence-corrected chi connectivity index (χ3v) is 3.67. The highest BCUT2D eigenvalue weighted by atomic mass is 32.1. The summed E-state index contributed by atoms with van der Waals surface area (Å²) < 4.78 is 4.98. The number of nitrogens with one attached hydrogen (secondary N) is 1. The number of hydrogen-bond donors (Lipinski definition) is 1. The van der Waals surface area contributed by atoms with E-state index >= 15 is 0 Å². The monoisotopic (exact) mass is 254 g/mol. The van der Waals surface area contributed by atoms with Gasteiger partial charge >= 0.3 is 5.97 Å². The summed E-state index contributed by atoms with van der Waals surface area (Å²) in [5.41, 5.74) is 0.432. The molecule has 0 saturated heterocycles. The quantitative estimate of drug-likeness (QED) is 0.616. The average molecular weight is 254 g/mol. The molecule has 1 fully saturated rings. The largest absolute Gasteiger partial charge is 0.461 e. The summed E-state index contributed by atoms with van der Waals surface area (Å²) in [5.74, 6) is 0.0971. The van der Waals surface area contributed by atoms with Crippen molar-refractivity contribution in [2.24, 2.45) is 0 Å². The first-order chi connectivity index (χ1) is 8.26. The Morgan fingerprint density at radius 2 is 2.41 bits per heavy atom. The number of esters is 1. The predicted molar refractivity (Wildman–Crippen MR) is 62.9 cm³/mol. The Bertz CT molecular complexity index is 426. The van der Waals surface area contributed by atoms with E-state index in [9.17, 15) is 9.59 Å². The number of aromatic nitrogens is 1. The van der Waals surface area contributed by atoms with Gasteiger partial charge in [0.15, 0.2) is 5.69 Å². The van der Waals surface area contributed by atoms with Crippen molar-refractivity contribution in [1.82, 2.24) is 10.3 Å². The van der Waals surface area contributed by atoms with Crippen LogP contribution in [-0.2, 0) is 16.1 Å². The lowest BCUT2D eigenvalue weighted by Crippen LogP contribution is -2.11. The molecule has 5 nitrogen and oxygen atoms in total. The Kier molecular flexibility index (Phi) is 3.73. The minimum atomic E-state index is -0.358. The van der Waals surface area contributed by atoms with Crippen LogP contribution in [0.1, 0.15) is 46.1 Å². The maximum absolute atomic E-state index is 11.7. The summed E-state index contributed by atoms with van der Waals surface area (Å²) in [7, 11) is 0. The molecule has 1 heterocycles. The Hall–Kier alpha value is -1.43. The van der Waals surface area contributed by atoms with Crippen molar-refractivity contribution in [3.63, 3.8) is 0 Å². The highest BCUT2D eigenvalue weighted by molar-refractivity contribution is 7.12. The molecule has 1 aromatic heterocycles. The standard InChI is InChI=1S/C11H14N2O3S/c1-2-16-11(15)9-10(7-3-4-7)17-8(13-9)5-12-6-14/h6-7H,2-5H2,1H3,(H,12,14). The minimum Gasteiger partial charge on any atom is -0.461 e. The molecule has 0 bridgehead atoms. The zero-order chi connectivity index (χ0) is 12.3. The van der Waals surface area contributed by atoms with Gasteiger partial charge < -0.3 is 10.1 Å². The van der Waals surface area contributed by atoms with Crippen molar-refractivity contribution in [2.75, 3.05) is 6.61 Å². The summed E-state index contributed by atoms with van der Waals surface area (Å²) in [4.78, 5) is 27.2. The molecular formula is C11H14N2O3S. The third-order valence-electron chi connectivity index (χ3n) is 2.45. The summed E-state index contributed by atoms with van der Waals surface area (Å²) in [6, 6.07) is 0. The van der Waals surface area contributed by atoms with Gasteiger partial charge in [0, 0.05) is 4.88 Å². The van der Waals surface area contributed by atoms with E-state index in [2.05, 4.69) is 10.3 Å². The molecule has 1 aromatic rings. The zero-order valence-corrected chi connectivity index (χ0v) is 10.4. The number of carbonyl (C=O) groups is 2. The number of ether oxygens (including phenoxy) is 1. The second kappa shape index (κ2) is 5.27. The highest BCUT2D eigenvalue weighted by Crippen LogP contribution is 2.44. The average Bonchev–Trinajstić information content (AvgIpc) is 3.07. The van der Waals surface area contributed by atoms with Crippen molar-refractivity contribution < 1.29 is 14.3 Å². The summed E-state index contributed by atoms with van der Waals surface area (Å²) in [6.07, 6.45) is 2.84. The SMILES string of the molecule is CCOC(=O)c1nc(CNC=O)sc1C1CC1. The van der Waals surface area contributed by atoms with Crippen LogP contribution in [-0.4, -0.2) is 24.0 Å². The van der Waals surface area contributed by atoms with E-state index in [4.69, 9.17) is 4.74 Å². The Labute approximate surface area is 103 Å². The predicted octanol–water partition coefficient (Wildman–Crippen LogP) is 1.44. The van der Waals surface area contributed by atoms with Gasteiger partial charge in [-0.1, -0.05) is 0 Å². The van der Waals surface area contributed by atoms with E-state index < -0.39 is 0 Å². The van der Waals surface area contributed by atoms with Crippen LogP contribution in [0, 0.1) is 0 Å². The fourth-order valence-corrected chi connectivity index (χ4v) is 2.72. The number of amides is 1. The van der Waals surface area contributed by atoms with Crippen LogP contribution in [0.4, 0.5) is 0 Å². The lowest BCUT2D eigenvalue weighted by atomic mass is 10.3. The second-order valence-electron chi connectivity index (χ2n) is 3.81. The van der Waals surface area contributed by atoms with Gasteiger partial charge in [-0.25, -0.2) is 9.78 Å². The van der Waals surface area contributed by atoms with Crippen LogP contribution in [0.2, 0.25) is 0 Å². The molecule has 17 heavy (non-hydrogen) atoms. The normalized spacial score (nSPS) is 14.4. The maximum atomic E-state index is 11.7. The van der Waals surface area contributed by atoms with Crippen LogP contribution >= 0.6 is 11.3 Å². The summed E-state index contributed by atoms with van der Waals surface area (Å²) in [6.45, 7) is 2.49. The summed E-state index contributed by atoms with van der Waals surface area (Å²) in [5, 5.41) is 3.30. The van der Waals surface area contributed by atoms with Gasteiger partial charge in [0.05, 0.1) is 13.2 Å². The van der Waals surface area contributed by atoms with Gasteiger partial charge in [-0.2, -0.15) is 0 Å². The number of nitrogens with zero attached hydrogens (tertiary/aromatic N) is 1. The van der Waals surface area contributed by atoms with E-state index in [1.54, 1.807) is 6.92 Å². The first-order valence-electron chi connectivity index (χ1n) is 5.60.